The van der Waals surface area contributed by atoms with Crippen LogP contribution in [0.1, 0.15) is 45.0 Å². The second-order valence-corrected chi connectivity index (χ2v) is 4.43. The van der Waals surface area contributed by atoms with Crippen molar-refractivity contribution in [3.05, 3.63) is 5.82 Å². The average Bonchev–Trinajstić information content (AvgIpc) is 3.01. The van der Waals surface area contributed by atoms with Gasteiger partial charge in [-0.25, -0.2) is 0 Å². The molecular weight excluding hydrogens is 220 g/mol. The third kappa shape index (κ3) is 2.28. The number of nitrogens with zero attached hydrogens (tertiary/aromatic N) is 3. The zero-order valence-corrected chi connectivity index (χ0v) is 10.2. The van der Waals surface area contributed by atoms with Crippen LogP contribution in [0.2, 0.25) is 0 Å². The van der Waals surface area contributed by atoms with Crippen molar-refractivity contribution in [3.8, 4) is 0 Å². The molecule has 2 unspecified atom stereocenters. The van der Waals surface area contributed by atoms with Gasteiger partial charge in [0, 0.05) is 0 Å². The lowest BCUT2D eigenvalue weighted by Gasteiger charge is -2.27. The number of amides is 1. The summed E-state index contributed by atoms with van der Waals surface area (Å²) in [4.78, 5) is 12.2. The Hall–Kier alpha value is -1.50. The minimum absolute atomic E-state index is 0.0230. The summed E-state index contributed by atoms with van der Waals surface area (Å²) in [5.74, 6) is 0.525. The molecule has 94 valence electrons. The van der Waals surface area contributed by atoms with Crippen molar-refractivity contribution in [2.45, 2.75) is 44.7 Å². The van der Waals surface area contributed by atoms with Gasteiger partial charge < -0.3 is 10.6 Å². The Balaban J connectivity index is 2.01. The zero-order valence-electron chi connectivity index (χ0n) is 10.2. The maximum absolute atomic E-state index is 12.2. The fourth-order valence-electron chi connectivity index (χ4n) is 2.21. The first-order chi connectivity index (χ1) is 8.18. The number of aromatic amines is 1. The smallest absolute Gasteiger partial charge is 0.240 e. The SMILES string of the molecule is CCC1(C(=O)NC(C)c2nn[nH]n2)CCCN1. The fourth-order valence-corrected chi connectivity index (χ4v) is 2.21. The molecule has 1 aliphatic rings. The largest absolute Gasteiger partial charge is 0.345 e. The van der Waals surface area contributed by atoms with Gasteiger partial charge in [-0.1, -0.05) is 12.1 Å². The van der Waals surface area contributed by atoms with E-state index in [-0.39, 0.29) is 11.9 Å². The summed E-state index contributed by atoms with van der Waals surface area (Å²) >= 11 is 0. The third-order valence-corrected chi connectivity index (χ3v) is 3.38. The van der Waals surface area contributed by atoms with Gasteiger partial charge in [-0.15, -0.1) is 10.2 Å². The molecule has 17 heavy (non-hydrogen) atoms. The van der Waals surface area contributed by atoms with E-state index in [4.69, 9.17) is 0 Å². The van der Waals surface area contributed by atoms with E-state index in [0.717, 1.165) is 25.8 Å². The van der Waals surface area contributed by atoms with Crippen LogP contribution in [0, 0.1) is 0 Å². The molecule has 2 heterocycles. The van der Waals surface area contributed by atoms with E-state index in [2.05, 4.69) is 31.3 Å². The molecule has 0 saturated carbocycles. The molecule has 0 radical (unpaired) electrons. The highest BCUT2D eigenvalue weighted by atomic mass is 16.2. The Morgan fingerprint density at radius 2 is 2.47 bits per heavy atom. The van der Waals surface area contributed by atoms with Crippen molar-refractivity contribution in [2.24, 2.45) is 0 Å². The van der Waals surface area contributed by atoms with Crippen molar-refractivity contribution >= 4 is 5.91 Å². The first-order valence-electron chi connectivity index (χ1n) is 5.97. The summed E-state index contributed by atoms with van der Waals surface area (Å²) in [6, 6.07) is -0.230. The average molecular weight is 238 g/mol. The lowest BCUT2D eigenvalue weighted by Crippen LogP contribution is -2.53. The number of carbonyl (C=O) groups is 1. The molecule has 1 aromatic rings. The second kappa shape index (κ2) is 4.79. The van der Waals surface area contributed by atoms with Gasteiger partial charge in [-0.05, 0) is 32.7 Å². The van der Waals surface area contributed by atoms with Gasteiger partial charge in [-0.3, -0.25) is 4.79 Å². The van der Waals surface area contributed by atoms with Crippen LogP contribution in [0.15, 0.2) is 0 Å². The Bertz CT molecular complexity index is 370. The molecule has 0 spiro atoms. The number of hydrogen-bond donors (Lipinski definition) is 3. The Labute approximate surface area is 99.7 Å². The van der Waals surface area contributed by atoms with Crippen LogP contribution >= 0.6 is 0 Å². The van der Waals surface area contributed by atoms with Crippen molar-refractivity contribution in [1.82, 2.24) is 31.3 Å². The van der Waals surface area contributed by atoms with Gasteiger partial charge in [0.1, 0.15) is 0 Å². The van der Waals surface area contributed by atoms with Gasteiger partial charge in [0.2, 0.25) is 5.91 Å². The molecule has 1 aliphatic heterocycles. The molecule has 2 atom stereocenters. The van der Waals surface area contributed by atoms with Gasteiger partial charge in [0.15, 0.2) is 5.82 Å². The highest BCUT2D eigenvalue weighted by Gasteiger charge is 2.39. The molecule has 1 aromatic heterocycles. The van der Waals surface area contributed by atoms with Crippen LogP contribution in [-0.4, -0.2) is 38.6 Å². The predicted molar refractivity (Wildman–Crippen MR) is 61.0 cm³/mol. The van der Waals surface area contributed by atoms with Gasteiger partial charge in [0.25, 0.3) is 0 Å². The van der Waals surface area contributed by atoms with Gasteiger partial charge >= 0.3 is 0 Å². The van der Waals surface area contributed by atoms with Crippen molar-refractivity contribution in [3.63, 3.8) is 0 Å². The van der Waals surface area contributed by atoms with Crippen LogP contribution in [0.4, 0.5) is 0 Å². The maximum Gasteiger partial charge on any atom is 0.240 e. The van der Waals surface area contributed by atoms with E-state index in [1.54, 1.807) is 0 Å². The van der Waals surface area contributed by atoms with Crippen molar-refractivity contribution < 1.29 is 4.79 Å². The number of rotatable bonds is 4. The van der Waals surface area contributed by atoms with Crippen LogP contribution in [0.25, 0.3) is 0 Å². The van der Waals surface area contributed by atoms with Gasteiger partial charge in [0.05, 0.1) is 11.6 Å². The molecule has 0 aliphatic carbocycles. The molecule has 1 fully saturated rings. The standard InChI is InChI=1S/C10H18N6O/c1-3-10(5-4-6-11-10)9(17)12-7(2)8-13-15-16-14-8/h7,11H,3-6H2,1-2H3,(H,12,17)(H,13,14,15,16). The molecular formula is C10H18N6O. The summed E-state index contributed by atoms with van der Waals surface area (Å²) < 4.78 is 0. The van der Waals surface area contributed by atoms with Crippen molar-refractivity contribution in [1.29, 1.82) is 0 Å². The van der Waals surface area contributed by atoms with Crippen LogP contribution in [-0.2, 0) is 4.79 Å². The first-order valence-corrected chi connectivity index (χ1v) is 5.97. The molecule has 1 saturated heterocycles. The predicted octanol–water partition coefficient (Wildman–Crippen LogP) is -0.0909. The van der Waals surface area contributed by atoms with E-state index >= 15 is 0 Å². The normalized spacial score (nSPS) is 25.8. The quantitative estimate of drug-likeness (QED) is 0.681. The summed E-state index contributed by atoms with van der Waals surface area (Å²) in [6.45, 7) is 4.77. The Morgan fingerprint density at radius 3 is 3.00 bits per heavy atom. The summed E-state index contributed by atoms with van der Waals surface area (Å²) in [5, 5.41) is 19.8. The van der Waals surface area contributed by atoms with Crippen LogP contribution in [0.3, 0.4) is 0 Å². The van der Waals surface area contributed by atoms with Crippen molar-refractivity contribution in [2.75, 3.05) is 6.54 Å². The van der Waals surface area contributed by atoms with E-state index in [9.17, 15) is 4.79 Å². The summed E-state index contributed by atoms with van der Waals surface area (Å²) in [6.07, 6.45) is 2.71. The third-order valence-electron chi connectivity index (χ3n) is 3.38. The maximum atomic E-state index is 12.2. The second-order valence-electron chi connectivity index (χ2n) is 4.43. The number of hydrogen-bond acceptors (Lipinski definition) is 5. The molecule has 0 aromatic carbocycles. The van der Waals surface area contributed by atoms with E-state index < -0.39 is 5.54 Å². The van der Waals surface area contributed by atoms with Gasteiger partial charge in [-0.2, -0.15) is 5.21 Å². The van der Waals surface area contributed by atoms with Crippen LogP contribution < -0.4 is 10.6 Å². The molecule has 2 rings (SSSR count). The highest BCUT2D eigenvalue weighted by Crippen LogP contribution is 2.24. The minimum atomic E-state index is -0.419. The number of aromatic nitrogens is 4. The minimum Gasteiger partial charge on any atom is -0.345 e. The number of H-pyrrole nitrogens is 1. The number of nitrogens with one attached hydrogen (secondary N) is 3. The van der Waals surface area contributed by atoms with E-state index in [1.807, 2.05) is 13.8 Å². The number of carbonyl (C=O) groups excluding carboxylic acids is 1. The number of tetrazole rings is 1. The fraction of sp³-hybridized carbons (Fsp3) is 0.800. The zero-order chi connectivity index (χ0) is 12.3. The summed E-state index contributed by atoms with van der Waals surface area (Å²) in [7, 11) is 0. The van der Waals surface area contributed by atoms with Crippen LogP contribution in [0.5, 0.6) is 0 Å². The Kier molecular flexibility index (Phi) is 3.37. The lowest BCUT2D eigenvalue weighted by molar-refractivity contribution is -0.128. The first kappa shape index (κ1) is 12.0. The summed E-state index contributed by atoms with van der Waals surface area (Å²) in [5.41, 5.74) is -0.419. The monoisotopic (exact) mass is 238 g/mol. The molecule has 1 amide bonds. The lowest BCUT2D eigenvalue weighted by atomic mass is 9.93. The molecule has 7 heteroatoms. The highest BCUT2D eigenvalue weighted by molar-refractivity contribution is 5.86. The molecule has 7 nitrogen and oxygen atoms in total. The molecule has 0 bridgehead atoms. The van der Waals surface area contributed by atoms with E-state index in [0.29, 0.717) is 5.82 Å². The van der Waals surface area contributed by atoms with E-state index in [1.165, 1.54) is 0 Å². The topological polar surface area (TPSA) is 95.6 Å². The molecule has 3 N–H and O–H groups in total. The Morgan fingerprint density at radius 1 is 1.65 bits per heavy atom.